The number of nitrogens with one attached hydrogen (secondary N) is 3. The van der Waals surface area contributed by atoms with Gasteiger partial charge in [-0.15, -0.1) is 0 Å². The fourth-order valence-electron chi connectivity index (χ4n) is 3.08. The summed E-state index contributed by atoms with van der Waals surface area (Å²) in [5, 5.41) is 76.0. The molecule has 0 aromatic heterocycles. The fourth-order valence-corrected chi connectivity index (χ4v) is 3.08. The number of carboxylic acids is 2. The Morgan fingerprint density at radius 1 is 0.778 bits per heavy atom. The Morgan fingerprint density at radius 2 is 1.15 bits per heavy atom. The molecule has 0 spiro atoms. The fraction of sp³-hybridized carbons (Fsp3) is 0.867. The second-order valence-corrected chi connectivity index (χ2v) is 6.55. The van der Waals surface area contributed by atoms with Gasteiger partial charge in [0.25, 0.3) is 0 Å². The number of aliphatic hydroxyl groups is 5. The lowest BCUT2D eigenvalue weighted by Crippen LogP contribution is -2.74. The van der Waals surface area contributed by atoms with Gasteiger partial charge in [-0.1, -0.05) is 6.92 Å². The van der Waals surface area contributed by atoms with E-state index in [2.05, 4.69) is 16.0 Å². The molecule has 0 heterocycles. The number of rotatable bonds is 11. The number of hydrogen-bond acceptors (Lipinski definition) is 10. The second-order valence-electron chi connectivity index (χ2n) is 6.55. The Kier molecular flexibility index (Phi) is 9.49. The highest BCUT2D eigenvalue weighted by Crippen LogP contribution is 2.22. The zero-order chi connectivity index (χ0) is 20.7. The molecule has 0 bridgehead atoms. The summed E-state index contributed by atoms with van der Waals surface area (Å²) in [6.07, 6.45) is -6.33. The van der Waals surface area contributed by atoms with Crippen LogP contribution < -0.4 is 16.0 Å². The Balaban J connectivity index is 2.92. The van der Waals surface area contributed by atoms with Crippen molar-refractivity contribution in [2.75, 3.05) is 19.6 Å². The molecule has 0 aromatic carbocycles. The van der Waals surface area contributed by atoms with E-state index in [4.69, 9.17) is 10.2 Å². The van der Waals surface area contributed by atoms with Crippen molar-refractivity contribution in [3.8, 4) is 0 Å². The van der Waals surface area contributed by atoms with E-state index in [0.717, 1.165) is 0 Å². The van der Waals surface area contributed by atoms with E-state index < -0.39 is 73.7 Å². The van der Waals surface area contributed by atoms with Crippen LogP contribution in [0.1, 0.15) is 13.3 Å². The van der Waals surface area contributed by atoms with E-state index in [0.29, 0.717) is 0 Å². The zero-order valence-electron chi connectivity index (χ0n) is 14.9. The first kappa shape index (κ1) is 23.7. The summed E-state index contributed by atoms with van der Waals surface area (Å²) in [7, 11) is 0. The molecule has 1 saturated carbocycles. The van der Waals surface area contributed by atoms with Gasteiger partial charge in [0.05, 0.1) is 61.7 Å². The predicted molar refractivity (Wildman–Crippen MR) is 91.0 cm³/mol. The lowest BCUT2D eigenvalue weighted by atomic mass is 9.79. The van der Waals surface area contributed by atoms with Crippen molar-refractivity contribution in [1.82, 2.24) is 16.0 Å². The standard InChI is InChI=1S/C15H29N3O9/c1-2-6(19)7(20)3-16-10-13(25)11(17-4-8(21)22)15(27)12(14(10)26)18-5-9(23)24/h6-7,10-20,25-27H,2-5H2,1H3,(H,21,22)(H,23,24)/t6?,7-,10?,11?,12?,13?,14?,15?/m0/s1. The van der Waals surface area contributed by atoms with Crippen LogP contribution >= 0.6 is 0 Å². The molecule has 0 aromatic rings. The molecule has 27 heavy (non-hydrogen) atoms. The van der Waals surface area contributed by atoms with Gasteiger partial charge in [0, 0.05) is 6.54 Å². The molecule has 158 valence electrons. The number of carbonyl (C=O) groups is 2. The maximum absolute atomic E-state index is 10.8. The van der Waals surface area contributed by atoms with Gasteiger partial charge in [-0.2, -0.15) is 0 Å². The molecule has 6 atom stereocenters. The molecular weight excluding hydrogens is 366 g/mol. The lowest BCUT2D eigenvalue weighted by Gasteiger charge is -2.47. The van der Waals surface area contributed by atoms with Crippen LogP contribution in [0, 0.1) is 0 Å². The van der Waals surface area contributed by atoms with E-state index in [1.807, 2.05) is 0 Å². The molecule has 0 amide bonds. The van der Waals surface area contributed by atoms with Crippen molar-refractivity contribution >= 4 is 11.9 Å². The first-order valence-corrected chi connectivity index (χ1v) is 8.64. The lowest BCUT2D eigenvalue weighted by molar-refractivity contribution is -0.138. The number of carboxylic acid groups (broad SMARTS) is 2. The van der Waals surface area contributed by atoms with E-state index in [9.17, 15) is 35.1 Å². The molecule has 0 radical (unpaired) electrons. The third kappa shape index (κ3) is 6.62. The van der Waals surface area contributed by atoms with Gasteiger partial charge in [0.15, 0.2) is 0 Å². The van der Waals surface area contributed by atoms with Crippen molar-refractivity contribution in [2.24, 2.45) is 0 Å². The van der Waals surface area contributed by atoms with Crippen molar-refractivity contribution in [3.63, 3.8) is 0 Å². The normalized spacial score (nSPS) is 33.4. The molecule has 5 unspecified atom stereocenters. The Bertz CT molecular complexity index is 463. The summed E-state index contributed by atoms with van der Waals surface area (Å²) in [4.78, 5) is 21.6. The predicted octanol–water partition coefficient (Wildman–Crippen LogP) is -4.74. The van der Waals surface area contributed by atoms with Crippen molar-refractivity contribution in [1.29, 1.82) is 0 Å². The van der Waals surface area contributed by atoms with Crippen LogP contribution in [0.2, 0.25) is 0 Å². The highest BCUT2D eigenvalue weighted by Gasteiger charge is 2.49. The highest BCUT2D eigenvalue weighted by atomic mass is 16.4. The maximum atomic E-state index is 10.8. The second kappa shape index (κ2) is 10.8. The first-order valence-electron chi connectivity index (χ1n) is 8.64. The number of aliphatic carboxylic acids is 2. The SMILES string of the molecule is CCC(O)[C@@H](O)CNC1C(O)C(NCC(=O)O)C(O)C(NCC(=O)O)C1O. The minimum atomic E-state index is -1.49. The van der Waals surface area contributed by atoms with Gasteiger partial charge >= 0.3 is 11.9 Å². The molecule has 1 aliphatic rings. The summed E-state index contributed by atoms with van der Waals surface area (Å²) < 4.78 is 0. The summed E-state index contributed by atoms with van der Waals surface area (Å²) in [6.45, 7) is 0.308. The average molecular weight is 395 g/mol. The smallest absolute Gasteiger partial charge is 0.317 e. The van der Waals surface area contributed by atoms with Gasteiger partial charge in [-0.25, -0.2) is 0 Å². The molecule has 10 N–H and O–H groups in total. The largest absolute Gasteiger partial charge is 0.480 e. The molecule has 12 heteroatoms. The van der Waals surface area contributed by atoms with Crippen LogP contribution in [-0.2, 0) is 9.59 Å². The molecule has 1 fully saturated rings. The average Bonchev–Trinajstić information content (AvgIpc) is 2.59. The van der Waals surface area contributed by atoms with Gasteiger partial charge in [-0.05, 0) is 6.42 Å². The molecule has 12 nitrogen and oxygen atoms in total. The third-order valence-corrected chi connectivity index (χ3v) is 4.61. The minimum Gasteiger partial charge on any atom is -0.480 e. The molecule has 1 rings (SSSR count). The Hall–Kier alpha value is -1.38. The molecule has 1 aliphatic carbocycles. The van der Waals surface area contributed by atoms with Gasteiger partial charge in [0.2, 0.25) is 0 Å². The Labute approximate surface area is 155 Å². The minimum absolute atomic E-state index is 0.193. The molecular formula is C15H29N3O9. The number of aliphatic hydroxyl groups excluding tert-OH is 5. The van der Waals surface area contributed by atoms with Gasteiger partial charge in [0.1, 0.15) is 0 Å². The summed E-state index contributed by atoms with van der Waals surface area (Å²) in [6, 6.07) is -3.52. The summed E-state index contributed by atoms with van der Waals surface area (Å²) in [5.41, 5.74) is 0. The van der Waals surface area contributed by atoms with Crippen molar-refractivity contribution < 1.29 is 45.3 Å². The van der Waals surface area contributed by atoms with E-state index in [1.165, 1.54) is 0 Å². The van der Waals surface area contributed by atoms with Crippen LogP contribution in [0.4, 0.5) is 0 Å². The first-order chi connectivity index (χ1) is 12.6. The van der Waals surface area contributed by atoms with Crippen LogP contribution in [0.25, 0.3) is 0 Å². The van der Waals surface area contributed by atoms with Gasteiger partial charge < -0.3 is 41.1 Å². The molecule has 0 saturated heterocycles. The summed E-state index contributed by atoms with van der Waals surface area (Å²) in [5.74, 6) is -2.47. The zero-order valence-corrected chi connectivity index (χ0v) is 14.9. The van der Waals surface area contributed by atoms with Crippen molar-refractivity contribution in [3.05, 3.63) is 0 Å². The summed E-state index contributed by atoms with van der Waals surface area (Å²) >= 11 is 0. The maximum Gasteiger partial charge on any atom is 0.317 e. The van der Waals surface area contributed by atoms with Crippen LogP contribution in [0.3, 0.4) is 0 Å². The molecule has 0 aliphatic heterocycles. The quantitative estimate of drug-likeness (QED) is 0.160. The Morgan fingerprint density at radius 3 is 1.48 bits per heavy atom. The third-order valence-electron chi connectivity index (χ3n) is 4.61. The van der Waals surface area contributed by atoms with E-state index >= 15 is 0 Å². The van der Waals surface area contributed by atoms with Crippen LogP contribution in [0.15, 0.2) is 0 Å². The topological polar surface area (TPSA) is 212 Å². The number of hydrogen-bond donors (Lipinski definition) is 10. The van der Waals surface area contributed by atoms with E-state index in [1.54, 1.807) is 6.92 Å². The van der Waals surface area contributed by atoms with Crippen LogP contribution in [-0.4, -0.2) is 116 Å². The van der Waals surface area contributed by atoms with Crippen molar-refractivity contribution in [2.45, 2.75) is 62.0 Å². The van der Waals surface area contributed by atoms with Crippen LogP contribution in [0.5, 0.6) is 0 Å². The monoisotopic (exact) mass is 395 g/mol. The van der Waals surface area contributed by atoms with E-state index in [-0.39, 0.29) is 13.0 Å². The van der Waals surface area contributed by atoms with Gasteiger partial charge in [-0.3, -0.25) is 20.2 Å². The highest BCUT2D eigenvalue weighted by molar-refractivity contribution is 5.69.